The summed E-state index contributed by atoms with van der Waals surface area (Å²) >= 11 is 8.88. The lowest BCUT2D eigenvalue weighted by Crippen LogP contribution is -2.26. The number of hydrogen-bond acceptors (Lipinski definition) is 10. The third kappa shape index (κ3) is 5.39. The quantitative estimate of drug-likeness (QED) is 0.0462. The van der Waals surface area contributed by atoms with Crippen LogP contribution < -0.4 is 10.1 Å². The zero-order chi connectivity index (χ0) is 21.0. The van der Waals surface area contributed by atoms with Gasteiger partial charge in [0.25, 0.3) is 15.1 Å². The minimum Gasteiger partial charge on any atom is -0.494 e. The first kappa shape index (κ1) is 21.8. The molecule has 0 saturated heterocycles. The topological polar surface area (TPSA) is 122 Å². The van der Waals surface area contributed by atoms with Crippen LogP contribution in [0.1, 0.15) is 6.92 Å². The van der Waals surface area contributed by atoms with Crippen LogP contribution in [0.3, 0.4) is 0 Å². The molecule has 3 aromatic rings. The van der Waals surface area contributed by atoms with Gasteiger partial charge in [0.1, 0.15) is 15.6 Å². The molecule has 3 rings (SSSR count). The van der Waals surface area contributed by atoms with Crippen LogP contribution in [-0.2, 0) is 0 Å². The standard InChI is InChI=1S/C14H12BrClFN7O3S2/c1-2-27-9-5-3-4-8(6-9)20-12-10-11(19-7-18-10)21-13(22-12)28-14(15,23(16)17)29-24(25)26/h3-7H,2H2,1H3,(H2,18,19,20,21,22). The Morgan fingerprint density at radius 1 is 1.52 bits per heavy atom. The average Bonchev–Trinajstić information content (AvgIpc) is 3.10. The Bertz CT molecular complexity index is 1030. The number of fused-ring (bicyclic) bond motifs is 1. The van der Waals surface area contributed by atoms with Gasteiger partial charge in [0.2, 0.25) is 0 Å². The number of nitro groups is 1. The lowest BCUT2D eigenvalue weighted by molar-refractivity contribution is -0.286. The Hall–Kier alpha value is -1.87. The number of imidazole rings is 1. The molecule has 0 saturated carbocycles. The number of ether oxygens (including phenoxy) is 1. The molecule has 2 aromatic heterocycles. The number of hydrogen-bond donors (Lipinski definition) is 2. The van der Waals surface area contributed by atoms with Gasteiger partial charge in [-0.2, -0.15) is 0 Å². The molecule has 1 aromatic carbocycles. The predicted molar refractivity (Wildman–Crippen MR) is 113 cm³/mol. The van der Waals surface area contributed by atoms with Gasteiger partial charge in [0.15, 0.2) is 16.6 Å². The van der Waals surface area contributed by atoms with Crippen LogP contribution in [0.15, 0.2) is 35.7 Å². The Morgan fingerprint density at radius 2 is 2.31 bits per heavy atom. The van der Waals surface area contributed by atoms with E-state index in [2.05, 4.69) is 41.2 Å². The molecule has 0 spiro atoms. The molecule has 1 atom stereocenters. The summed E-state index contributed by atoms with van der Waals surface area (Å²) in [5, 5.41) is 14.0. The Labute approximate surface area is 185 Å². The highest BCUT2D eigenvalue weighted by Crippen LogP contribution is 2.50. The van der Waals surface area contributed by atoms with Crippen LogP contribution in [0, 0.1) is 10.1 Å². The molecule has 1 unspecified atom stereocenters. The summed E-state index contributed by atoms with van der Waals surface area (Å²) in [5.41, 5.74) is 1.46. The molecule has 154 valence electrons. The molecular formula is C14H12BrClFN7O3S2. The second-order valence-corrected chi connectivity index (χ2v) is 10.2. The van der Waals surface area contributed by atoms with Crippen molar-refractivity contribution in [1.82, 2.24) is 24.6 Å². The average molecular weight is 525 g/mol. The van der Waals surface area contributed by atoms with E-state index in [4.69, 9.17) is 16.5 Å². The fourth-order valence-corrected chi connectivity index (χ4v) is 4.55. The van der Waals surface area contributed by atoms with Crippen LogP contribution in [-0.4, -0.2) is 38.6 Å². The monoisotopic (exact) mass is 523 g/mol. The van der Waals surface area contributed by atoms with Gasteiger partial charge in [-0.1, -0.05) is 6.07 Å². The number of nitrogens with one attached hydrogen (secondary N) is 2. The molecule has 0 radical (unpaired) electrons. The van der Waals surface area contributed by atoms with E-state index in [1.54, 1.807) is 18.2 Å². The van der Waals surface area contributed by atoms with E-state index in [9.17, 15) is 14.6 Å². The Kier molecular flexibility index (Phi) is 7.00. The molecule has 0 amide bonds. The van der Waals surface area contributed by atoms with Crippen molar-refractivity contribution >= 4 is 74.1 Å². The SMILES string of the molecule is CCOc1cccc(Nc2nc(SC(Br)(S[N+](=O)[O-])N(F)Cl)nc3nc[nH]c23)c1. The van der Waals surface area contributed by atoms with E-state index in [1.165, 1.54) is 6.33 Å². The number of anilines is 2. The summed E-state index contributed by atoms with van der Waals surface area (Å²) in [5.74, 6) is 1.00. The lowest BCUT2D eigenvalue weighted by Gasteiger charge is -2.20. The largest absolute Gasteiger partial charge is 0.494 e. The highest BCUT2D eigenvalue weighted by atomic mass is 79.9. The third-order valence-corrected chi connectivity index (χ3v) is 6.95. The number of benzene rings is 1. The number of halogens is 3. The third-order valence-electron chi connectivity index (χ3n) is 3.28. The number of nitrogens with zero attached hydrogens (tertiary/aromatic N) is 5. The molecule has 15 heteroatoms. The summed E-state index contributed by atoms with van der Waals surface area (Å²) in [4.78, 5) is 26.4. The fourth-order valence-electron chi connectivity index (χ4n) is 2.20. The smallest absolute Gasteiger partial charge is 0.289 e. The van der Waals surface area contributed by atoms with E-state index >= 15 is 0 Å². The van der Waals surface area contributed by atoms with Gasteiger partial charge in [0.05, 0.1) is 12.9 Å². The highest BCUT2D eigenvalue weighted by Gasteiger charge is 2.46. The normalized spacial score (nSPS) is 13.4. The number of H-pyrrole nitrogens is 1. The van der Waals surface area contributed by atoms with Gasteiger partial charge in [-0.05, 0) is 51.4 Å². The number of aromatic amines is 1. The molecule has 0 aliphatic carbocycles. The summed E-state index contributed by atoms with van der Waals surface area (Å²) in [6.07, 6.45) is 1.42. The molecule has 0 aliphatic rings. The fraction of sp³-hybridized carbons (Fsp3) is 0.214. The van der Waals surface area contributed by atoms with Crippen LogP contribution >= 0.6 is 51.4 Å². The van der Waals surface area contributed by atoms with E-state index < -0.39 is 7.44 Å². The number of thioether (sulfide) groups is 1. The Morgan fingerprint density at radius 3 is 3.00 bits per heavy atom. The highest BCUT2D eigenvalue weighted by molar-refractivity contribution is 9.13. The van der Waals surface area contributed by atoms with Crippen molar-refractivity contribution in [3.8, 4) is 5.75 Å². The van der Waals surface area contributed by atoms with Crippen molar-refractivity contribution < 1.29 is 13.5 Å². The molecule has 29 heavy (non-hydrogen) atoms. The number of alkyl halides is 1. The minimum atomic E-state index is -1.99. The number of aromatic nitrogens is 4. The summed E-state index contributed by atoms with van der Waals surface area (Å²) in [7, 11) is 0. The molecule has 2 heterocycles. The van der Waals surface area contributed by atoms with Gasteiger partial charge in [-0.3, -0.25) is 10.1 Å². The number of rotatable bonds is 9. The van der Waals surface area contributed by atoms with E-state index in [-0.39, 0.29) is 27.4 Å². The summed E-state index contributed by atoms with van der Waals surface area (Å²) in [6, 6.07) is 7.20. The first-order valence-corrected chi connectivity index (χ1v) is 10.6. The van der Waals surface area contributed by atoms with Gasteiger partial charge in [0, 0.05) is 23.5 Å². The minimum absolute atomic E-state index is 0.00240. The first-order chi connectivity index (χ1) is 13.8. The van der Waals surface area contributed by atoms with Gasteiger partial charge < -0.3 is 15.0 Å². The van der Waals surface area contributed by atoms with E-state index in [1.807, 2.05) is 13.0 Å². The Balaban J connectivity index is 1.95. The molecule has 0 fully saturated rings. The van der Waals surface area contributed by atoms with Crippen molar-refractivity contribution in [2.45, 2.75) is 15.2 Å². The lowest BCUT2D eigenvalue weighted by atomic mass is 10.3. The molecule has 0 bridgehead atoms. The summed E-state index contributed by atoms with van der Waals surface area (Å²) < 4.78 is 16.1. The first-order valence-electron chi connectivity index (χ1n) is 7.85. The second kappa shape index (κ2) is 9.30. The van der Waals surface area contributed by atoms with Crippen LogP contribution in [0.5, 0.6) is 5.75 Å². The van der Waals surface area contributed by atoms with Crippen LogP contribution in [0.2, 0.25) is 0 Å². The van der Waals surface area contributed by atoms with Crippen molar-refractivity contribution in [3.05, 3.63) is 40.7 Å². The molecule has 0 aliphatic heterocycles. The van der Waals surface area contributed by atoms with Crippen molar-refractivity contribution in [3.63, 3.8) is 0 Å². The maximum atomic E-state index is 13.7. The van der Waals surface area contributed by atoms with Crippen molar-refractivity contribution in [1.29, 1.82) is 0 Å². The van der Waals surface area contributed by atoms with E-state index in [0.717, 1.165) is 0 Å². The van der Waals surface area contributed by atoms with Gasteiger partial charge in [-0.15, -0.1) is 4.48 Å². The molecule has 2 N–H and O–H groups in total. The second-order valence-electron chi connectivity index (χ2n) is 5.20. The predicted octanol–water partition coefficient (Wildman–Crippen LogP) is 4.86. The summed E-state index contributed by atoms with van der Waals surface area (Å²) in [6.45, 7) is 2.39. The van der Waals surface area contributed by atoms with E-state index in [0.29, 0.717) is 41.1 Å². The maximum absolute atomic E-state index is 13.7. The maximum Gasteiger partial charge on any atom is 0.289 e. The molecule has 10 nitrogen and oxygen atoms in total. The van der Waals surface area contributed by atoms with Gasteiger partial charge in [-0.25, -0.2) is 15.0 Å². The van der Waals surface area contributed by atoms with Crippen molar-refractivity contribution in [2.75, 3.05) is 11.9 Å². The van der Waals surface area contributed by atoms with Crippen LogP contribution in [0.25, 0.3) is 11.2 Å². The zero-order valence-electron chi connectivity index (χ0n) is 14.5. The zero-order valence-corrected chi connectivity index (χ0v) is 18.5. The van der Waals surface area contributed by atoms with Gasteiger partial charge >= 0.3 is 0 Å². The van der Waals surface area contributed by atoms with Crippen LogP contribution in [0.4, 0.5) is 16.0 Å². The molecular weight excluding hydrogens is 513 g/mol. The van der Waals surface area contributed by atoms with Crippen molar-refractivity contribution in [2.24, 2.45) is 0 Å².